The molecule has 0 aromatic carbocycles. The van der Waals surface area contributed by atoms with Crippen molar-refractivity contribution in [2.75, 3.05) is 6.61 Å². The van der Waals surface area contributed by atoms with Crippen LogP contribution >= 0.6 is 0 Å². The Balaban J connectivity index is 4.03. The van der Waals surface area contributed by atoms with Gasteiger partial charge in [0.15, 0.2) is 0 Å². The predicted molar refractivity (Wildman–Crippen MR) is 57.9 cm³/mol. The van der Waals surface area contributed by atoms with Crippen LogP contribution in [0.3, 0.4) is 0 Å². The number of hydrogen-bond acceptors (Lipinski definition) is 2. The van der Waals surface area contributed by atoms with Crippen molar-refractivity contribution in [3.63, 3.8) is 0 Å². The van der Waals surface area contributed by atoms with E-state index in [2.05, 4.69) is 25.1 Å². The van der Waals surface area contributed by atoms with Crippen molar-refractivity contribution in [2.24, 2.45) is 4.99 Å². The van der Waals surface area contributed by atoms with Gasteiger partial charge < -0.3 is 4.74 Å². The van der Waals surface area contributed by atoms with E-state index in [0.717, 1.165) is 24.8 Å². The molecule has 0 rings (SSSR count). The smallest absolute Gasteiger partial charge is 0.215 e. The molecular formula is C11H19NO. The summed E-state index contributed by atoms with van der Waals surface area (Å²) in [5, 5.41) is 0. The second-order valence-corrected chi connectivity index (χ2v) is 2.78. The third-order valence-electron chi connectivity index (χ3n) is 1.67. The van der Waals surface area contributed by atoms with Crippen molar-refractivity contribution in [2.45, 2.75) is 33.1 Å². The van der Waals surface area contributed by atoms with E-state index >= 15 is 0 Å². The van der Waals surface area contributed by atoms with Crippen molar-refractivity contribution >= 4 is 5.90 Å². The van der Waals surface area contributed by atoms with E-state index in [4.69, 9.17) is 4.74 Å². The molecule has 0 aromatic rings. The first kappa shape index (κ1) is 11.9. The molecule has 0 atom stereocenters. The lowest BCUT2D eigenvalue weighted by atomic mass is 10.2. The highest BCUT2D eigenvalue weighted by molar-refractivity contribution is 5.93. The van der Waals surface area contributed by atoms with Gasteiger partial charge in [0.2, 0.25) is 5.90 Å². The molecule has 0 aliphatic rings. The van der Waals surface area contributed by atoms with E-state index in [1.807, 2.05) is 6.92 Å². The van der Waals surface area contributed by atoms with Gasteiger partial charge in [-0.05, 0) is 12.8 Å². The molecule has 2 nitrogen and oxygen atoms in total. The lowest BCUT2D eigenvalue weighted by Gasteiger charge is -2.08. The minimum absolute atomic E-state index is 0.631. The van der Waals surface area contributed by atoms with Gasteiger partial charge in [-0.1, -0.05) is 33.4 Å². The van der Waals surface area contributed by atoms with Gasteiger partial charge in [0.25, 0.3) is 0 Å². The molecule has 0 bridgehead atoms. The maximum atomic E-state index is 5.45. The summed E-state index contributed by atoms with van der Waals surface area (Å²) in [5.41, 5.74) is 0.927. The summed E-state index contributed by atoms with van der Waals surface area (Å²) in [7, 11) is 0. The second kappa shape index (κ2) is 7.59. The summed E-state index contributed by atoms with van der Waals surface area (Å²) in [4.78, 5) is 4.03. The van der Waals surface area contributed by atoms with Crippen LogP contribution in [0.4, 0.5) is 0 Å². The number of nitrogens with zero attached hydrogens (tertiary/aromatic N) is 1. The van der Waals surface area contributed by atoms with Crippen LogP contribution in [-0.2, 0) is 4.74 Å². The molecule has 0 saturated heterocycles. The van der Waals surface area contributed by atoms with E-state index in [1.165, 1.54) is 6.20 Å². The summed E-state index contributed by atoms with van der Waals surface area (Å²) < 4.78 is 5.45. The minimum Gasteiger partial charge on any atom is -0.477 e. The van der Waals surface area contributed by atoms with Gasteiger partial charge in [-0.3, -0.25) is 0 Å². The molecule has 0 N–H and O–H groups in total. The number of ether oxygens (including phenoxy) is 1. The quantitative estimate of drug-likeness (QED) is 0.350. The Bertz CT molecular complexity index is 194. The van der Waals surface area contributed by atoms with E-state index < -0.39 is 0 Å². The van der Waals surface area contributed by atoms with Crippen LogP contribution in [0, 0.1) is 0 Å². The van der Waals surface area contributed by atoms with E-state index in [9.17, 15) is 0 Å². The van der Waals surface area contributed by atoms with Gasteiger partial charge >= 0.3 is 0 Å². The Kier molecular flexibility index (Phi) is 6.98. The Hall–Kier alpha value is -1.05. The van der Waals surface area contributed by atoms with Gasteiger partial charge in [0.1, 0.15) is 0 Å². The molecule has 0 fully saturated rings. The summed E-state index contributed by atoms with van der Waals surface area (Å²) in [6, 6.07) is 0. The number of unbranched alkanes of at least 4 members (excludes halogenated alkanes) is 1. The zero-order chi connectivity index (χ0) is 10.1. The van der Waals surface area contributed by atoms with E-state index in [-0.39, 0.29) is 0 Å². The molecule has 0 aromatic heterocycles. The molecule has 2 heteroatoms. The van der Waals surface area contributed by atoms with Crippen molar-refractivity contribution < 1.29 is 4.74 Å². The highest BCUT2D eigenvalue weighted by Gasteiger charge is 2.02. The standard InChI is InChI=1S/C11H19NO/c1-5-8-9-13-11(12-7-3)10(4)6-2/h7H,3-6,8-9H2,1-2H3. The van der Waals surface area contributed by atoms with Crippen LogP contribution < -0.4 is 0 Å². The fourth-order valence-corrected chi connectivity index (χ4v) is 0.778. The minimum atomic E-state index is 0.631. The van der Waals surface area contributed by atoms with Crippen LogP contribution in [0.2, 0.25) is 0 Å². The normalized spacial score (nSPS) is 11.1. The molecule has 0 radical (unpaired) electrons. The third-order valence-corrected chi connectivity index (χ3v) is 1.67. The predicted octanol–water partition coefficient (Wildman–Crippen LogP) is 3.31. The summed E-state index contributed by atoms with van der Waals surface area (Å²) in [6.45, 7) is 12.3. The largest absolute Gasteiger partial charge is 0.477 e. The molecule has 13 heavy (non-hydrogen) atoms. The first-order valence-corrected chi connectivity index (χ1v) is 4.75. The third kappa shape index (κ3) is 5.23. The summed E-state index contributed by atoms with van der Waals surface area (Å²) in [6.07, 6.45) is 4.52. The second-order valence-electron chi connectivity index (χ2n) is 2.78. The molecule has 0 aliphatic carbocycles. The van der Waals surface area contributed by atoms with Crippen LogP contribution in [0.25, 0.3) is 0 Å². The van der Waals surface area contributed by atoms with Crippen molar-refractivity contribution in [3.8, 4) is 0 Å². The van der Waals surface area contributed by atoms with Crippen molar-refractivity contribution in [1.82, 2.24) is 0 Å². The van der Waals surface area contributed by atoms with Gasteiger partial charge in [0, 0.05) is 11.8 Å². The van der Waals surface area contributed by atoms with Crippen LogP contribution in [-0.4, -0.2) is 12.5 Å². The average molecular weight is 181 g/mol. The fraction of sp³-hybridized carbons (Fsp3) is 0.545. The Labute approximate surface area is 81.0 Å². The first-order chi connectivity index (χ1) is 6.26. The molecule has 0 amide bonds. The fourth-order valence-electron chi connectivity index (χ4n) is 0.778. The Morgan fingerprint density at radius 1 is 1.46 bits per heavy atom. The van der Waals surface area contributed by atoms with E-state index in [0.29, 0.717) is 12.5 Å². The van der Waals surface area contributed by atoms with Gasteiger partial charge in [-0.2, -0.15) is 0 Å². The maximum Gasteiger partial charge on any atom is 0.215 e. The van der Waals surface area contributed by atoms with Gasteiger partial charge in [-0.25, -0.2) is 4.99 Å². The van der Waals surface area contributed by atoms with Crippen LogP contribution in [0.5, 0.6) is 0 Å². The Morgan fingerprint density at radius 3 is 2.62 bits per heavy atom. The number of hydrogen-bond donors (Lipinski definition) is 0. The average Bonchev–Trinajstić information content (AvgIpc) is 2.16. The van der Waals surface area contributed by atoms with Crippen LogP contribution in [0.15, 0.2) is 29.9 Å². The van der Waals surface area contributed by atoms with Gasteiger partial charge in [-0.15, -0.1) is 0 Å². The van der Waals surface area contributed by atoms with Gasteiger partial charge in [0.05, 0.1) is 6.61 Å². The highest BCUT2D eigenvalue weighted by Crippen LogP contribution is 2.03. The molecule has 0 aliphatic heterocycles. The number of aliphatic imine (C=N–C) groups is 1. The van der Waals surface area contributed by atoms with Crippen molar-refractivity contribution in [3.05, 3.63) is 24.9 Å². The van der Waals surface area contributed by atoms with Crippen molar-refractivity contribution in [1.29, 1.82) is 0 Å². The first-order valence-electron chi connectivity index (χ1n) is 4.75. The molecule has 0 unspecified atom stereocenters. The number of rotatable bonds is 6. The Morgan fingerprint density at radius 2 is 2.15 bits per heavy atom. The molecule has 0 heterocycles. The maximum absolute atomic E-state index is 5.45. The molecule has 0 saturated carbocycles. The topological polar surface area (TPSA) is 21.6 Å². The lowest BCUT2D eigenvalue weighted by Crippen LogP contribution is -2.07. The van der Waals surface area contributed by atoms with E-state index in [1.54, 1.807) is 0 Å². The summed E-state index contributed by atoms with van der Waals surface area (Å²) >= 11 is 0. The SMILES string of the molecule is C=CN=C(OCCCC)C(=C)CC. The zero-order valence-corrected chi connectivity index (χ0v) is 8.68. The zero-order valence-electron chi connectivity index (χ0n) is 8.68. The van der Waals surface area contributed by atoms with Crippen LogP contribution in [0.1, 0.15) is 33.1 Å². The lowest BCUT2D eigenvalue weighted by molar-refractivity contribution is 0.296. The molecule has 74 valence electrons. The molecule has 0 spiro atoms. The highest BCUT2D eigenvalue weighted by atomic mass is 16.5. The summed E-state index contributed by atoms with van der Waals surface area (Å²) in [5.74, 6) is 0.631. The molecular weight excluding hydrogens is 162 g/mol. The monoisotopic (exact) mass is 181 g/mol.